The van der Waals surface area contributed by atoms with E-state index in [1.807, 2.05) is 11.3 Å². The van der Waals surface area contributed by atoms with Crippen LogP contribution in [0.4, 0.5) is 5.69 Å². The highest BCUT2D eigenvalue weighted by atomic mass is 32.1. The number of fused-ring (bicyclic) bond motifs is 1. The van der Waals surface area contributed by atoms with Gasteiger partial charge < -0.3 is 11.1 Å². The lowest BCUT2D eigenvalue weighted by Gasteiger charge is -2.36. The molecule has 1 aromatic carbocycles. The summed E-state index contributed by atoms with van der Waals surface area (Å²) in [7, 11) is 0. The Morgan fingerprint density at radius 1 is 1.22 bits per heavy atom. The van der Waals surface area contributed by atoms with Gasteiger partial charge in [0.05, 0.1) is 0 Å². The summed E-state index contributed by atoms with van der Waals surface area (Å²) in [6, 6.07) is 9.90. The molecule has 0 saturated heterocycles. The van der Waals surface area contributed by atoms with Gasteiger partial charge >= 0.3 is 0 Å². The highest BCUT2D eigenvalue weighted by Gasteiger charge is 2.27. The molecular formula is C22H31N3OS. The van der Waals surface area contributed by atoms with E-state index in [4.69, 9.17) is 5.73 Å². The zero-order valence-corrected chi connectivity index (χ0v) is 17.1. The summed E-state index contributed by atoms with van der Waals surface area (Å²) in [6.45, 7) is 4.92. The van der Waals surface area contributed by atoms with Crippen LogP contribution in [0.3, 0.4) is 0 Å². The van der Waals surface area contributed by atoms with Crippen LogP contribution in [0.5, 0.6) is 0 Å². The first-order valence-corrected chi connectivity index (χ1v) is 11.0. The minimum atomic E-state index is -0.0247. The van der Waals surface area contributed by atoms with E-state index < -0.39 is 0 Å². The second-order valence-electron chi connectivity index (χ2n) is 7.34. The summed E-state index contributed by atoms with van der Waals surface area (Å²) in [5.41, 5.74) is 8.57. The van der Waals surface area contributed by atoms with Gasteiger partial charge in [0, 0.05) is 41.8 Å². The molecule has 5 heteroatoms. The van der Waals surface area contributed by atoms with E-state index in [-0.39, 0.29) is 5.91 Å². The molecule has 2 aromatic rings. The number of unbranched alkanes of at least 4 members (excludes halogenated alkanes) is 3. The lowest BCUT2D eigenvalue weighted by atomic mass is 9.96. The van der Waals surface area contributed by atoms with Gasteiger partial charge in [-0.2, -0.15) is 0 Å². The Labute approximate surface area is 166 Å². The fourth-order valence-electron chi connectivity index (χ4n) is 3.83. The number of nitrogens with one attached hydrogen (secondary N) is 1. The highest BCUT2D eigenvalue weighted by Crippen LogP contribution is 2.37. The van der Waals surface area contributed by atoms with E-state index in [1.54, 1.807) is 29.1 Å². The Morgan fingerprint density at radius 3 is 2.81 bits per heavy atom. The molecule has 1 atom stereocenters. The number of nitrogen functional groups attached to an aromatic ring is 1. The van der Waals surface area contributed by atoms with Gasteiger partial charge in [-0.15, -0.1) is 11.3 Å². The van der Waals surface area contributed by atoms with Crippen LogP contribution in [-0.2, 0) is 6.42 Å². The Balaban J connectivity index is 1.54. The minimum Gasteiger partial charge on any atom is -0.399 e. The summed E-state index contributed by atoms with van der Waals surface area (Å²) in [5, 5.41) is 5.29. The fourth-order valence-corrected chi connectivity index (χ4v) is 4.95. The number of amides is 1. The van der Waals surface area contributed by atoms with Gasteiger partial charge in [0.15, 0.2) is 0 Å². The quantitative estimate of drug-likeness (QED) is 0.489. The summed E-state index contributed by atoms with van der Waals surface area (Å²) in [4.78, 5) is 16.4. The van der Waals surface area contributed by atoms with Gasteiger partial charge in [-0.25, -0.2) is 0 Å². The molecule has 3 N–H and O–H groups in total. The third-order valence-electron chi connectivity index (χ3n) is 5.38. The van der Waals surface area contributed by atoms with Crippen LogP contribution in [0.15, 0.2) is 35.7 Å². The van der Waals surface area contributed by atoms with Crippen molar-refractivity contribution < 1.29 is 4.79 Å². The lowest BCUT2D eigenvalue weighted by Crippen LogP contribution is -2.40. The SMILES string of the molecule is CCCCCCC1c2sccc2CCN1CCNC(=O)c1ccc(N)cc1. The van der Waals surface area contributed by atoms with Crippen molar-refractivity contribution in [1.29, 1.82) is 0 Å². The van der Waals surface area contributed by atoms with Crippen molar-refractivity contribution in [3.63, 3.8) is 0 Å². The molecular weight excluding hydrogens is 354 g/mol. The smallest absolute Gasteiger partial charge is 0.251 e. The number of anilines is 1. The van der Waals surface area contributed by atoms with Crippen LogP contribution in [0.1, 0.15) is 65.9 Å². The van der Waals surface area contributed by atoms with Crippen LogP contribution in [0, 0.1) is 0 Å². The molecule has 0 saturated carbocycles. The van der Waals surface area contributed by atoms with Crippen LogP contribution >= 0.6 is 11.3 Å². The van der Waals surface area contributed by atoms with Crippen molar-refractivity contribution in [1.82, 2.24) is 10.2 Å². The van der Waals surface area contributed by atoms with E-state index in [1.165, 1.54) is 37.7 Å². The molecule has 1 aliphatic heterocycles. The Kier molecular flexibility index (Phi) is 7.30. The molecule has 3 rings (SSSR count). The molecule has 1 aliphatic rings. The summed E-state index contributed by atoms with van der Waals surface area (Å²) in [6.07, 6.45) is 7.53. The summed E-state index contributed by atoms with van der Waals surface area (Å²) in [5.74, 6) is -0.0247. The monoisotopic (exact) mass is 385 g/mol. The fraction of sp³-hybridized carbons (Fsp3) is 0.500. The predicted molar refractivity (Wildman–Crippen MR) is 114 cm³/mol. The first-order valence-electron chi connectivity index (χ1n) is 10.1. The van der Waals surface area contributed by atoms with E-state index in [0.717, 1.165) is 19.5 Å². The third kappa shape index (κ3) is 5.33. The molecule has 27 heavy (non-hydrogen) atoms. The molecule has 0 fully saturated rings. The maximum absolute atomic E-state index is 12.3. The molecule has 4 nitrogen and oxygen atoms in total. The topological polar surface area (TPSA) is 58.4 Å². The molecule has 1 unspecified atom stereocenters. The average Bonchev–Trinajstić information content (AvgIpc) is 3.15. The van der Waals surface area contributed by atoms with Crippen LogP contribution in [0.25, 0.3) is 0 Å². The van der Waals surface area contributed by atoms with Gasteiger partial charge in [-0.3, -0.25) is 9.69 Å². The van der Waals surface area contributed by atoms with Gasteiger partial charge in [0.1, 0.15) is 0 Å². The van der Waals surface area contributed by atoms with Crippen LogP contribution in [-0.4, -0.2) is 30.4 Å². The lowest BCUT2D eigenvalue weighted by molar-refractivity contribution is 0.0941. The minimum absolute atomic E-state index is 0.0247. The largest absolute Gasteiger partial charge is 0.399 e. The Morgan fingerprint density at radius 2 is 2.04 bits per heavy atom. The van der Waals surface area contributed by atoms with E-state index in [9.17, 15) is 4.79 Å². The highest BCUT2D eigenvalue weighted by molar-refractivity contribution is 7.10. The number of rotatable bonds is 9. The Hall–Kier alpha value is -1.85. The average molecular weight is 386 g/mol. The molecule has 146 valence electrons. The molecule has 0 spiro atoms. The Bertz CT molecular complexity index is 725. The number of benzene rings is 1. The molecule has 2 heterocycles. The second-order valence-corrected chi connectivity index (χ2v) is 8.29. The number of thiophene rings is 1. The van der Waals surface area contributed by atoms with E-state index >= 15 is 0 Å². The molecule has 0 bridgehead atoms. The van der Waals surface area contributed by atoms with Crippen molar-refractivity contribution in [2.75, 3.05) is 25.4 Å². The number of carbonyl (C=O) groups excluding carboxylic acids is 1. The first-order chi connectivity index (χ1) is 13.2. The summed E-state index contributed by atoms with van der Waals surface area (Å²) >= 11 is 1.90. The number of nitrogens with two attached hydrogens (primary N) is 1. The van der Waals surface area contributed by atoms with Crippen molar-refractivity contribution in [2.45, 2.75) is 51.5 Å². The maximum Gasteiger partial charge on any atom is 0.251 e. The summed E-state index contributed by atoms with van der Waals surface area (Å²) < 4.78 is 0. The van der Waals surface area contributed by atoms with Crippen LogP contribution in [0.2, 0.25) is 0 Å². The third-order valence-corrected chi connectivity index (χ3v) is 6.44. The molecule has 1 aromatic heterocycles. The van der Waals surface area contributed by atoms with Crippen molar-refractivity contribution in [3.05, 3.63) is 51.7 Å². The molecule has 1 amide bonds. The van der Waals surface area contributed by atoms with Crippen molar-refractivity contribution in [3.8, 4) is 0 Å². The number of hydrogen-bond donors (Lipinski definition) is 2. The standard InChI is InChI=1S/C22H31N3OS/c1-2-3-4-5-6-20-21-17(12-16-27-21)11-14-25(20)15-13-24-22(26)18-7-9-19(23)10-8-18/h7-10,12,16,20H,2-6,11,13-15,23H2,1H3,(H,24,26). The van der Waals surface area contributed by atoms with Gasteiger partial charge in [0.25, 0.3) is 5.91 Å². The van der Waals surface area contributed by atoms with Gasteiger partial charge in [-0.05, 0) is 54.1 Å². The van der Waals surface area contributed by atoms with E-state index in [0.29, 0.717) is 23.8 Å². The number of carbonyl (C=O) groups is 1. The van der Waals surface area contributed by atoms with Crippen LogP contribution < -0.4 is 11.1 Å². The number of nitrogens with zero attached hydrogens (tertiary/aromatic N) is 1. The van der Waals surface area contributed by atoms with Gasteiger partial charge in [0.2, 0.25) is 0 Å². The maximum atomic E-state index is 12.3. The predicted octanol–water partition coefficient (Wildman–Crippen LogP) is 4.63. The zero-order valence-electron chi connectivity index (χ0n) is 16.2. The van der Waals surface area contributed by atoms with Crippen molar-refractivity contribution in [2.24, 2.45) is 0 Å². The second kappa shape index (κ2) is 9.90. The molecule has 0 radical (unpaired) electrons. The zero-order chi connectivity index (χ0) is 19.1. The van der Waals surface area contributed by atoms with Crippen molar-refractivity contribution >= 4 is 22.9 Å². The number of hydrogen-bond acceptors (Lipinski definition) is 4. The molecule has 0 aliphatic carbocycles. The first kappa shape index (κ1) is 19.9. The van der Waals surface area contributed by atoms with E-state index in [2.05, 4.69) is 28.6 Å². The normalized spacial score (nSPS) is 16.9. The van der Waals surface area contributed by atoms with Gasteiger partial charge in [-0.1, -0.05) is 32.6 Å².